The molecule has 0 aromatic heterocycles. The predicted octanol–water partition coefficient (Wildman–Crippen LogP) is 10.6. The lowest BCUT2D eigenvalue weighted by Gasteiger charge is -2.14. The highest BCUT2D eigenvalue weighted by Gasteiger charge is 2.11. The van der Waals surface area contributed by atoms with Crippen molar-refractivity contribution in [2.24, 2.45) is 11.8 Å². The van der Waals surface area contributed by atoms with E-state index in [1.807, 2.05) is 0 Å². The van der Waals surface area contributed by atoms with Gasteiger partial charge in [-0.3, -0.25) is 0 Å². The summed E-state index contributed by atoms with van der Waals surface area (Å²) in [4.78, 5) is 11.9. The monoisotopic (exact) mass is 468 g/mol. The number of hydrogen-bond donors (Lipinski definition) is 0. The normalized spacial score (nSPS) is 13.1. The zero-order chi connectivity index (χ0) is 24.4. The second-order valence-corrected chi connectivity index (χ2v) is 10.7. The van der Waals surface area contributed by atoms with Crippen molar-refractivity contribution in [1.82, 2.24) is 0 Å². The zero-order valence-electron chi connectivity index (χ0n) is 23.1. The van der Waals surface area contributed by atoms with Crippen molar-refractivity contribution >= 4 is 6.16 Å². The summed E-state index contributed by atoms with van der Waals surface area (Å²) in [6.45, 7) is 9.87. The molecule has 0 heterocycles. The Balaban J connectivity index is 3.43. The van der Waals surface area contributed by atoms with E-state index in [1.165, 1.54) is 122 Å². The Kier molecular flexibility index (Phi) is 25.3. The van der Waals surface area contributed by atoms with Crippen LogP contribution in [0.2, 0.25) is 0 Å². The molecule has 3 heteroatoms. The molecular formula is C30H60O3. The smallest absolute Gasteiger partial charge is 0.434 e. The molecule has 0 amide bonds. The van der Waals surface area contributed by atoms with Gasteiger partial charge in [-0.05, 0) is 24.7 Å². The summed E-state index contributed by atoms with van der Waals surface area (Å²) in [5.41, 5.74) is 0. The number of carbonyl (C=O) groups excluding carboxylic acids is 1. The minimum Gasteiger partial charge on any atom is -0.434 e. The SMILES string of the molecule is CCCCCCCCCCCCC(C)COC(=O)OCC(C)CCCCCCCCCCC. The molecule has 0 aromatic rings. The van der Waals surface area contributed by atoms with Crippen molar-refractivity contribution < 1.29 is 14.3 Å². The van der Waals surface area contributed by atoms with E-state index in [2.05, 4.69) is 27.7 Å². The number of rotatable bonds is 25. The van der Waals surface area contributed by atoms with Gasteiger partial charge in [0.2, 0.25) is 0 Å². The fraction of sp³-hybridized carbons (Fsp3) is 0.967. The molecular weight excluding hydrogens is 408 g/mol. The van der Waals surface area contributed by atoms with Gasteiger partial charge in [-0.1, -0.05) is 150 Å². The molecule has 2 atom stereocenters. The molecule has 0 fully saturated rings. The van der Waals surface area contributed by atoms with Gasteiger partial charge in [0.25, 0.3) is 0 Å². The zero-order valence-corrected chi connectivity index (χ0v) is 23.1. The highest BCUT2D eigenvalue weighted by atomic mass is 16.7. The first-order valence-electron chi connectivity index (χ1n) is 14.9. The van der Waals surface area contributed by atoms with Gasteiger partial charge >= 0.3 is 6.16 Å². The molecule has 2 unspecified atom stereocenters. The van der Waals surface area contributed by atoms with Crippen LogP contribution in [0.15, 0.2) is 0 Å². The fourth-order valence-corrected chi connectivity index (χ4v) is 4.41. The largest absolute Gasteiger partial charge is 0.508 e. The Bertz CT molecular complexity index is 396. The second kappa shape index (κ2) is 25.9. The van der Waals surface area contributed by atoms with Gasteiger partial charge in [0.05, 0.1) is 13.2 Å². The van der Waals surface area contributed by atoms with Gasteiger partial charge in [0, 0.05) is 0 Å². The first kappa shape index (κ1) is 32.3. The lowest BCUT2D eigenvalue weighted by molar-refractivity contribution is 0.0356. The molecule has 3 nitrogen and oxygen atoms in total. The number of hydrogen-bond acceptors (Lipinski definition) is 3. The third kappa shape index (κ3) is 25.7. The van der Waals surface area contributed by atoms with Crippen LogP contribution in [-0.2, 0) is 9.47 Å². The van der Waals surface area contributed by atoms with Crippen LogP contribution in [0.25, 0.3) is 0 Å². The van der Waals surface area contributed by atoms with E-state index in [0.29, 0.717) is 25.0 Å². The van der Waals surface area contributed by atoms with Crippen LogP contribution >= 0.6 is 0 Å². The molecule has 198 valence electrons. The van der Waals surface area contributed by atoms with E-state index in [9.17, 15) is 4.79 Å². The summed E-state index contributed by atoms with van der Waals surface area (Å²) in [5, 5.41) is 0. The van der Waals surface area contributed by atoms with Gasteiger partial charge in [0.15, 0.2) is 0 Å². The molecule has 0 radical (unpaired) electrons. The first-order chi connectivity index (χ1) is 16.1. The third-order valence-corrected chi connectivity index (χ3v) is 6.82. The molecule has 0 saturated carbocycles. The maximum absolute atomic E-state index is 11.9. The molecule has 0 aliphatic carbocycles. The molecule has 0 aromatic carbocycles. The minimum atomic E-state index is -0.483. The molecule has 33 heavy (non-hydrogen) atoms. The van der Waals surface area contributed by atoms with Crippen molar-refractivity contribution in [2.75, 3.05) is 13.2 Å². The van der Waals surface area contributed by atoms with Gasteiger partial charge in [-0.15, -0.1) is 0 Å². The summed E-state index contributed by atoms with van der Waals surface area (Å²) in [7, 11) is 0. The standard InChI is InChI=1S/C30H60O3/c1-5-7-9-11-13-15-17-19-21-23-25-29(4)27-33-30(31)32-26-28(3)24-22-20-18-16-14-12-10-8-6-2/h28-29H,5-27H2,1-4H3. The Morgan fingerprint density at radius 1 is 0.485 bits per heavy atom. The summed E-state index contributed by atoms with van der Waals surface area (Å²) in [6.07, 6.45) is 27.6. The van der Waals surface area contributed by atoms with Crippen LogP contribution < -0.4 is 0 Å². The van der Waals surface area contributed by atoms with Crippen molar-refractivity contribution in [3.63, 3.8) is 0 Å². The molecule has 0 aliphatic rings. The highest BCUT2D eigenvalue weighted by Crippen LogP contribution is 2.16. The Hall–Kier alpha value is -0.730. The number of carbonyl (C=O) groups is 1. The van der Waals surface area contributed by atoms with Gasteiger partial charge in [-0.25, -0.2) is 4.79 Å². The third-order valence-electron chi connectivity index (χ3n) is 6.82. The van der Waals surface area contributed by atoms with E-state index in [4.69, 9.17) is 9.47 Å². The van der Waals surface area contributed by atoms with Crippen LogP contribution in [0.1, 0.15) is 163 Å². The van der Waals surface area contributed by atoms with E-state index < -0.39 is 6.16 Å². The van der Waals surface area contributed by atoms with Gasteiger partial charge < -0.3 is 9.47 Å². The van der Waals surface area contributed by atoms with Crippen molar-refractivity contribution in [3.8, 4) is 0 Å². The summed E-state index contributed by atoms with van der Waals surface area (Å²) in [6, 6.07) is 0. The maximum atomic E-state index is 11.9. The molecule has 0 saturated heterocycles. The van der Waals surface area contributed by atoms with Crippen molar-refractivity contribution in [2.45, 2.75) is 163 Å². The lowest BCUT2D eigenvalue weighted by atomic mass is 10.0. The molecule has 0 spiro atoms. The fourth-order valence-electron chi connectivity index (χ4n) is 4.41. The average Bonchev–Trinajstić information content (AvgIpc) is 2.81. The topological polar surface area (TPSA) is 35.5 Å². The molecule has 0 rings (SSSR count). The Morgan fingerprint density at radius 2 is 0.758 bits per heavy atom. The van der Waals surface area contributed by atoms with E-state index in [-0.39, 0.29) is 0 Å². The predicted molar refractivity (Wildman–Crippen MR) is 144 cm³/mol. The molecule has 0 bridgehead atoms. The van der Waals surface area contributed by atoms with Crippen LogP contribution in [-0.4, -0.2) is 19.4 Å². The maximum Gasteiger partial charge on any atom is 0.508 e. The van der Waals surface area contributed by atoms with Crippen LogP contribution in [0.4, 0.5) is 4.79 Å². The Morgan fingerprint density at radius 3 is 1.06 bits per heavy atom. The lowest BCUT2D eigenvalue weighted by Crippen LogP contribution is -2.16. The Labute approximate surface area is 208 Å². The molecule has 0 N–H and O–H groups in total. The number of unbranched alkanes of at least 4 members (excludes halogenated alkanes) is 17. The van der Waals surface area contributed by atoms with Crippen molar-refractivity contribution in [1.29, 1.82) is 0 Å². The van der Waals surface area contributed by atoms with E-state index >= 15 is 0 Å². The highest BCUT2D eigenvalue weighted by molar-refractivity contribution is 5.59. The van der Waals surface area contributed by atoms with Crippen LogP contribution in [0.3, 0.4) is 0 Å². The average molecular weight is 469 g/mol. The number of ether oxygens (including phenoxy) is 2. The summed E-state index contributed by atoms with van der Waals surface area (Å²) in [5.74, 6) is 0.845. The van der Waals surface area contributed by atoms with E-state index in [0.717, 1.165) is 12.8 Å². The van der Waals surface area contributed by atoms with Gasteiger partial charge in [-0.2, -0.15) is 0 Å². The summed E-state index contributed by atoms with van der Waals surface area (Å²) < 4.78 is 10.7. The minimum absolute atomic E-state index is 0.422. The van der Waals surface area contributed by atoms with E-state index in [1.54, 1.807) is 0 Å². The summed E-state index contributed by atoms with van der Waals surface area (Å²) >= 11 is 0. The van der Waals surface area contributed by atoms with Crippen LogP contribution in [0.5, 0.6) is 0 Å². The first-order valence-corrected chi connectivity index (χ1v) is 14.9. The van der Waals surface area contributed by atoms with Crippen LogP contribution in [0, 0.1) is 11.8 Å². The quantitative estimate of drug-likeness (QED) is 0.0987. The van der Waals surface area contributed by atoms with Gasteiger partial charge in [0.1, 0.15) is 0 Å². The van der Waals surface area contributed by atoms with Crippen molar-refractivity contribution in [3.05, 3.63) is 0 Å². The second-order valence-electron chi connectivity index (χ2n) is 10.7. The molecule has 0 aliphatic heterocycles.